The summed E-state index contributed by atoms with van der Waals surface area (Å²) >= 11 is 0. The number of carbonyl (C=O) groups excluding carboxylic acids is 3. The van der Waals surface area contributed by atoms with E-state index in [1.807, 2.05) is 17.9 Å². The molecule has 2 aromatic carbocycles. The first-order valence-electron chi connectivity index (χ1n) is 11.2. The average Bonchev–Trinajstić information content (AvgIpc) is 2.81. The van der Waals surface area contributed by atoms with E-state index in [0.717, 1.165) is 32.4 Å². The molecular formula is C25H33N3O4. The van der Waals surface area contributed by atoms with Crippen molar-refractivity contribution >= 4 is 29.2 Å². The zero-order chi connectivity index (χ0) is 23.3. The van der Waals surface area contributed by atoms with Crippen LogP contribution >= 0.6 is 0 Å². The maximum absolute atomic E-state index is 12.8. The zero-order valence-corrected chi connectivity index (χ0v) is 19.1. The summed E-state index contributed by atoms with van der Waals surface area (Å²) in [6, 6.07) is 13.8. The van der Waals surface area contributed by atoms with Crippen LogP contribution in [0.15, 0.2) is 48.5 Å². The molecular weight excluding hydrogens is 406 g/mol. The van der Waals surface area contributed by atoms with E-state index in [4.69, 9.17) is 4.74 Å². The molecule has 0 aliphatic rings. The first kappa shape index (κ1) is 24.9. The standard InChI is InChI=1S/C25H33N3O4/c1-4-14-28(15-5-2)24(30)20-8-7-9-22(17-20)26-18-23(29)27-21-12-10-19(11-13-21)25(31)32-16-6-3/h7-13,17,26H,4-6,14-16,18H2,1-3H3,(H,27,29). The molecule has 0 radical (unpaired) electrons. The van der Waals surface area contributed by atoms with Crippen molar-refractivity contribution in [2.45, 2.75) is 40.0 Å². The maximum Gasteiger partial charge on any atom is 0.338 e. The Bertz CT molecular complexity index is 890. The molecule has 32 heavy (non-hydrogen) atoms. The van der Waals surface area contributed by atoms with Crippen molar-refractivity contribution in [3.05, 3.63) is 59.7 Å². The number of rotatable bonds is 12. The first-order chi connectivity index (χ1) is 15.5. The minimum Gasteiger partial charge on any atom is -0.462 e. The fraction of sp³-hybridized carbons (Fsp3) is 0.400. The number of anilines is 2. The van der Waals surface area contributed by atoms with E-state index < -0.39 is 0 Å². The van der Waals surface area contributed by atoms with Gasteiger partial charge in [-0.3, -0.25) is 9.59 Å². The summed E-state index contributed by atoms with van der Waals surface area (Å²) in [5, 5.41) is 5.84. The van der Waals surface area contributed by atoms with Crippen molar-refractivity contribution in [1.82, 2.24) is 4.90 Å². The van der Waals surface area contributed by atoms with Gasteiger partial charge in [0.1, 0.15) is 0 Å². The molecule has 0 spiro atoms. The lowest BCUT2D eigenvalue weighted by molar-refractivity contribution is -0.114. The number of benzene rings is 2. The second-order valence-electron chi connectivity index (χ2n) is 7.49. The highest BCUT2D eigenvalue weighted by atomic mass is 16.5. The van der Waals surface area contributed by atoms with Gasteiger partial charge in [0.2, 0.25) is 5.91 Å². The maximum atomic E-state index is 12.8. The fourth-order valence-corrected chi connectivity index (χ4v) is 3.15. The lowest BCUT2D eigenvalue weighted by Crippen LogP contribution is -2.32. The van der Waals surface area contributed by atoms with Gasteiger partial charge in [0.05, 0.1) is 18.7 Å². The summed E-state index contributed by atoms with van der Waals surface area (Å²) < 4.78 is 5.09. The molecule has 2 N–H and O–H groups in total. The van der Waals surface area contributed by atoms with Gasteiger partial charge in [0.25, 0.3) is 5.91 Å². The summed E-state index contributed by atoms with van der Waals surface area (Å²) in [5.41, 5.74) is 2.33. The van der Waals surface area contributed by atoms with Gasteiger partial charge >= 0.3 is 5.97 Å². The van der Waals surface area contributed by atoms with E-state index in [9.17, 15) is 14.4 Å². The summed E-state index contributed by atoms with van der Waals surface area (Å²) in [6.07, 6.45) is 2.58. The minimum atomic E-state index is -0.378. The molecule has 0 heterocycles. The normalized spacial score (nSPS) is 10.3. The van der Waals surface area contributed by atoms with Gasteiger partial charge < -0.3 is 20.3 Å². The Kier molecular flexibility index (Phi) is 10.2. The van der Waals surface area contributed by atoms with Crippen LogP contribution in [0.3, 0.4) is 0 Å². The van der Waals surface area contributed by atoms with Crippen LogP contribution in [0.2, 0.25) is 0 Å². The molecule has 7 heteroatoms. The summed E-state index contributed by atoms with van der Waals surface area (Å²) in [4.78, 5) is 38.8. The molecule has 2 aromatic rings. The van der Waals surface area contributed by atoms with Crippen LogP contribution in [0.5, 0.6) is 0 Å². The summed E-state index contributed by atoms with van der Waals surface area (Å²) in [5.74, 6) is -0.613. The Morgan fingerprint density at radius 1 is 0.844 bits per heavy atom. The third kappa shape index (κ3) is 7.72. The topological polar surface area (TPSA) is 87.7 Å². The summed E-state index contributed by atoms with van der Waals surface area (Å²) in [7, 11) is 0. The van der Waals surface area contributed by atoms with E-state index in [0.29, 0.717) is 29.1 Å². The van der Waals surface area contributed by atoms with Crippen molar-refractivity contribution in [3.63, 3.8) is 0 Å². The molecule has 0 bridgehead atoms. The molecule has 0 fully saturated rings. The van der Waals surface area contributed by atoms with Gasteiger partial charge in [-0.25, -0.2) is 4.79 Å². The van der Waals surface area contributed by atoms with Crippen molar-refractivity contribution < 1.29 is 19.1 Å². The van der Waals surface area contributed by atoms with Gasteiger partial charge in [-0.2, -0.15) is 0 Å². The average molecular weight is 440 g/mol. The Hall–Kier alpha value is -3.35. The predicted octanol–water partition coefficient (Wildman–Crippen LogP) is 4.57. The Balaban J connectivity index is 1.91. The first-order valence-corrected chi connectivity index (χ1v) is 11.2. The van der Waals surface area contributed by atoms with Crippen LogP contribution in [0.1, 0.15) is 60.7 Å². The molecule has 0 aliphatic carbocycles. The number of amides is 2. The van der Waals surface area contributed by atoms with Gasteiger partial charge in [0.15, 0.2) is 0 Å². The van der Waals surface area contributed by atoms with Crippen LogP contribution in [0.4, 0.5) is 11.4 Å². The number of esters is 1. The number of hydrogen-bond donors (Lipinski definition) is 2. The van der Waals surface area contributed by atoms with Crippen molar-refractivity contribution in [3.8, 4) is 0 Å². The third-order valence-electron chi connectivity index (χ3n) is 4.68. The Morgan fingerprint density at radius 3 is 2.16 bits per heavy atom. The number of ether oxygens (including phenoxy) is 1. The lowest BCUT2D eigenvalue weighted by Gasteiger charge is -2.21. The summed E-state index contributed by atoms with van der Waals surface area (Å²) in [6.45, 7) is 7.91. The monoisotopic (exact) mass is 439 g/mol. The van der Waals surface area contributed by atoms with E-state index in [1.54, 1.807) is 42.5 Å². The number of nitrogens with zero attached hydrogens (tertiary/aromatic N) is 1. The molecule has 0 saturated heterocycles. The quantitative estimate of drug-likeness (QED) is 0.473. The number of hydrogen-bond acceptors (Lipinski definition) is 5. The van der Waals surface area contributed by atoms with Crippen molar-refractivity contribution in [2.75, 3.05) is 36.9 Å². The van der Waals surface area contributed by atoms with Gasteiger partial charge in [-0.05, 0) is 61.7 Å². The van der Waals surface area contributed by atoms with Gasteiger partial charge in [-0.1, -0.05) is 26.8 Å². The predicted molar refractivity (Wildman–Crippen MR) is 127 cm³/mol. The largest absolute Gasteiger partial charge is 0.462 e. The van der Waals surface area contributed by atoms with Crippen LogP contribution in [-0.2, 0) is 9.53 Å². The smallest absolute Gasteiger partial charge is 0.338 e. The molecule has 0 aromatic heterocycles. The molecule has 2 rings (SSSR count). The van der Waals surface area contributed by atoms with Gasteiger partial charge in [-0.15, -0.1) is 0 Å². The second kappa shape index (κ2) is 13.1. The van der Waals surface area contributed by atoms with E-state index in [-0.39, 0.29) is 24.3 Å². The molecule has 2 amide bonds. The van der Waals surface area contributed by atoms with E-state index in [2.05, 4.69) is 24.5 Å². The van der Waals surface area contributed by atoms with Crippen molar-refractivity contribution in [2.24, 2.45) is 0 Å². The molecule has 0 atom stereocenters. The van der Waals surface area contributed by atoms with E-state index >= 15 is 0 Å². The Morgan fingerprint density at radius 2 is 1.53 bits per heavy atom. The van der Waals surface area contributed by atoms with Gasteiger partial charge in [0, 0.05) is 30.0 Å². The number of carbonyl (C=O) groups is 3. The minimum absolute atomic E-state index is 0.000597. The zero-order valence-electron chi connectivity index (χ0n) is 19.1. The Labute approximate surface area is 190 Å². The van der Waals surface area contributed by atoms with Crippen molar-refractivity contribution in [1.29, 1.82) is 0 Å². The lowest BCUT2D eigenvalue weighted by atomic mass is 10.1. The SMILES string of the molecule is CCCOC(=O)c1ccc(NC(=O)CNc2cccc(C(=O)N(CCC)CCC)c2)cc1. The molecule has 7 nitrogen and oxygen atoms in total. The van der Waals surface area contributed by atoms with Crippen LogP contribution in [0, 0.1) is 0 Å². The number of nitrogens with one attached hydrogen (secondary N) is 2. The molecule has 0 saturated carbocycles. The highest BCUT2D eigenvalue weighted by Gasteiger charge is 2.14. The fourth-order valence-electron chi connectivity index (χ4n) is 3.15. The van der Waals surface area contributed by atoms with Crippen LogP contribution in [-0.4, -0.2) is 48.9 Å². The van der Waals surface area contributed by atoms with Crippen LogP contribution < -0.4 is 10.6 Å². The molecule has 172 valence electrons. The molecule has 0 unspecified atom stereocenters. The highest BCUT2D eigenvalue weighted by Crippen LogP contribution is 2.14. The third-order valence-corrected chi connectivity index (χ3v) is 4.68. The molecule has 0 aliphatic heterocycles. The van der Waals surface area contributed by atoms with Crippen LogP contribution in [0.25, 0.3) is 0 Å². The second-order valence-corrected chi connectivity index (χ2v) is 7.49. The highest BCUT2D eigenvalue weighted by molar-refractivity contribution is 5.96. The van der Waals surface area contributed by atoms with E-state index in [1.165, 1.54) is 0 Å².